The zero-order valence-corrected chi connectivity index (χ0v) is 11.3. The number of ether oxygens (including phenoxy) is 1. The summed E-state index contributed by atoms with van der Waals surface area (Å²) in [5.74, 6) is -0.488. The largest absolute Gasteiger partial charge is 0.465 e. The van der Waals surface area contributed by atoms with E-state index in [0.717, 1.165) is 5.39 Å². The number of hydrogen-bond acceptors (Lipinski definition) is 4. The van der Waals surface area contributed by atoms with Gasteiger partial charge in [-0.05, 0) is 18.2 Å². The van der Waals surface area contributed by atoms with E-state index in [9.17, 15) is 9.59 Å². The maximum absolute atomic E-state index is 12.2. The summed E-state index contributed by atoms with van der Waals surface area (Å²) < 4.78 is 10.1. The Morgan fingerprint density at radius 1 is 1.00 bits per heavy atom. The number of methoxy groups -OCH3 is 1. The fourth-order valence-corrected chi connectivity index (χ4v) is 2.26. The van der Waals surface area contributed by atoms with Crippen molar-refractivity contribution in [3.63, 3.8) is 0 Å². The highest BCUT2D eigenvalue weighted by atomic mass is 16.5. The molecule has 0 unspecified atom stereocenters. The molecule has 0 aliphatic rings. The topological polar surface area (TPSA) is 56.5 Å². The van der Waals surface area contributed by atoms with Crippen molar-refractivity contribution >= 4 is 16.9 Å². The highest BCUT2D eigenvalue weighted by molar-refractivity contribution is 5.98. The number of carbonyl (C=O) groups excluding carboxylic acids is 1. The van der Waals surface area contributed by atoms with Crippen LogP contribution in [0.2, 0.25) is 0 Å². The molecule has 0 N–H and O–H groups in total. The molecule has 0 atom stereocenters. The number of hydrogen-bond donors (Lipinski definition) is 0. The fraction of sp³-hybridized carbons (Fsp3) is 0.0588. The van der Waals surface area contributed by atoms with Crippen molar-refractivity contribution in [2.24, 2.45) is 0 Å². The third-order valence-corrected chi connectivity index (χ3v) is 3.26. The minimum Gasteiger partial charge on any atom is -0.465 e. The predicted molar refractivity (Wildman–Crippen MR) is 79.3 cm³/mol. The van der Waals surface area contributed by atoms with Crippen molar-refractivity contribution in [1.82, 2.24) is 0 Å². The number of esters is 1. The predicted octanol–water partition coefficient (Wildman–Crippen LogP) is 3.25. The summed E-state index contributed by atoms with van der Waals surface area (Å²) in [6, 6.07) is 15.8. The lowest BCUT2D eigenvalue weighted by molar-refractivity contribution is 0.0601. The first-order valence-corrected chi connectivity index (χ1v) is 6.41. The van der Waals surface area contributed by atoms with E-state index in [0.29, 0.717) is 22.3 Å². The molecular formula is C17H12O4. The molecule has 4 heteroatoms. The molecule has 1 aromatic heterocycles. The Morgan fingerprint density at radius 3 is 2.52 bits per heavy atom. The summed E-state index contributed by atoms with van der Waals surface area (Å²) in [4.78, 5) is 24.0. The van der Waals surface area contributed by atoms with Gasteiger partial charge in [0.05, 0.1) is 18.2 Å². The molecule has 104 valence electrons. The van der Waals surface area contributed by atoms with Gasteiger partial charge in [-0.25, -0.2) is 9.59 Å². The quantitative estimate of drug-likeness (QED) is 0.534. The molecule has 1 heterocycles. The molecular weight excluding hydrogens is 268 g/mol. The first kappa shape index (κ1) is 13.1. The van der Waals surface area contributed by atoms with Crippen molar-refractivity contribution < 1.29 is 13.9 Å². The van der Waals surface area contributed by atoms with Crippen LogP contribution in [-0.4, -0.2) is 13.1 Å². The molecule has 2 aromatic carbocycles. The molecule has 0 saturated heterocycles. The molecule has 0 fully saturated rings. The molecule has 0 aliphatic carbocycles. The maximum atomic E-state index is 12.2. The number of para-hydroxylation sites is 1. The van der Waals surface area contributed by atoms with Gasteiger partial charge >= 0.3 is 11.6 Å². The van der Waals surface area contributed by atoms with Crippen molar-refractivity contribution in [3.8, 4) is 11.1 Å². The van der Waals surface area contributed by atoms with Crippen LogP contribution in [0.3, 0.4) is 0 Å². The summed E-state index contributed by atoms with van der Waals surface area (Å²) in [5.41, 5.74) is 1.22. The van der Waals surface area contributed by atoms with E-state index >= 15 is 0 Å². The van der Waals surface area contributed by atoms with E-state index in [2.05, 4.69) is 0 Å². The standard InChI is InChI=1S/C17H12O4/c1-20-16(18)13-8-4-3-7-12(13)14-10-11-6-2-5-9-15(11)21-17(14)19/h2-10H,1H3. The van der Waals surface area contributed by atoms with Gasteiger partial charge in [-0.3, -0.25) is 0 Å². The molecule has 0 spiro atoms. The third-order valence-electron chi connectivity index (χ3n) is 3.26. The van der Waals surface area contributed by atoms with Crippen LogP contribution in [0.15, 0.2) is 63.8 Å². The zero-order valence-electron chi connectivity index (χ0n) is 11.3. The summed E-state index contributed by atoms with van der Waals surface area (Å²) >= 11 is 0. The second kappa shape index (κ2) is 5.25. The lowest BCUT2D eigenvalue weighted by Crippen LogP contribution is -2.08. The molecule has 0 saturated carbocycles. The SMILES string of the molecule is COC(=O)c1ccccc1-c1cc2ccccc2oc1=O. The molecule has 3 aromatic rings. The highest BCUT2D eigenvalue weighted by Gasteiger charge is 2.16. The van der Waals surface area contributed by atoms with Gasteiger partial charge in [0.15, 0.2) is 0 Å². The Bertz CT molecular complexity index is 877. The molecule has 3 rings (SSSR count). The van der Waals surface area contributed by atoms with Gasteiger partial charge in [0.2, 0.25) is 0 Å². The second-order valence-corrected chi connectivity index (χ2v) is 4.52. The summed E-state index contributed by atoms with van der Waals surface area (Å²) in [6.45, 7) is 0. The summed E-state index contributed by atoms with van der Waals surface area (Å²) in [7, 11) is 1.31. The van der Waals surface area contributed by atoms with Crippen molar-refractivity contribution in [2.75, 3.05) is 7.11 Å². The van der Waals surface area contributed by atoms with Gasteiger partial charge in [0.1, 0.15) is 5.58 Å². The Hall–Kier alpha value is -2.88. The van der Waals surface area contributed by atoms with Crippen LogP contribution in [0, 0.1) is 0 Å². The molecule has 0 radical (unpaired) electrons. The molecule has 21 heavy (non-hydrogen) atoms. The van der Waals surface area contributed by atoms with Crippen molar-refractivity contribution in [2.45, 2.75) is 0 Å². The minimum absolute atomic E-state index is 0.336. The lowest BCUT2D eigenvalue weighted by atomic mass is 10.0. The molecule has 0 aliphatic heterocycles. The highest BCUT2D eigenvalue weighted by Crippen LogP contribution is 2.24. The average Bonchev–Trinajstić information content (AvgIpc) is 2.53. The second-order valence-electron chi connectivity index (χ2n) is 4.52. The fourth-order valence-electron chi connectivity index (χ4n) is 2.26. The van der Waals surface area contributed by atoms with Crippen LogP contribution in [-0.2, 0) is 4.74 Å². The number of carbonyl (C=O) groups is 1. The van der Waals surface area contributed by atoms with E-state index in [1.165, 1.54) is 7.11 Å². The van der Waals surface area contributed by atoms with Crippen LogP contribution >= 0.6 is 0 Å². The van der Waals surface area contributed by atoms with Gasteiger partial charge in [0, 0.05) is 10.9 Å². The van der Waals surface area contributed by atoms with Crippen LogP contribution in [0.1, 0.15) is 10.4 Å². The average molecular weight is 280 g/mol. The maximum Gasteiger partial charge on any atom is 0.344 e. The zero-order chi connectivity index (χ0) is 14.8. The Labute approximate surface area is 120 Å². The van der Waals surface area contributed by atoms with Crippen molar-refractivity contribution in [3.05, 3.63) is 70.6 Å². The van der Waals surface area contributed by atoms with E-state index in [-0.39, 0.29) is 0 Å². The van der Waals surface area contributed by atoms with Crippen molar-refractivity contribution in [1.29, 1.82) is 0 Å². The Kier molecular flexibility index (Phi) is 3.28. The van der Waals surface area contributed by atoms with E-state index in [1.54, 1.807) is 42.5 Å². The monoisotopic (exact) mass is 280 g/mol. The van der Waals surface area contributed by atoms with E-state index in [4.69, 9.17) is 9.15 Å². The molecule has 0 bridgehead atoms. The van der Waals surface area contributed by atoms with Crippen LogP contribution in [0.25, 0.3) is 22.1 Å². The van der Waals surface area contributed by atoms with Gasteiger partial charge < -0.3 is 9.15 Å². The lowest BCUT2D eigenvalue weighted by Gasteiger charge is -2.07. The minimum atomic E-state index is -0.488. The number of rotatable bonds is 2. The van der Waals surface area contributed by atoms with E-state index < -0.39 is 11.6 Å². The first-order chi connectivity index (χ1) is 10.2. The van der Waals surface area contributed by atoms with Gasteiger partial charge in [-0.2, -0.15) is 0 Å². The normalized spacial score (nSPS) is 10.5. The van der Waals surface area contributed by atoms with Gasteiger partial charge in [-0.1, -0.05) is 36.4 Å². The van der Waals surface area contributed by atoms with Crippen LogP contribution in [0.4, 0.5) is 0 Å². The van der Waals surface area contributed by atoms with Gasteiger partial charge in [0.25, 0.3) is 0 Å². The smallest absolute Gasteiger partial charge is 0.344 e. The summed E-state index contributed by atoms with van der Waals surface area (Å²) in [5, 5.41) is 0.798. The first-order valence-electron chi connectivity index (χ1n) is 6.41. The number of fused-ring (bicyclic) bond motifs is 1. The van der Waals surface area contributed by atoms with Crippen LogP contribution in [0.5, 0.6) is 0 Å². The Balaban J connectivity index is 2.28. The van der Waals surface area contributed by atoms with E-state index in [1.807, 2.05) is 12.1 Å². The Morgan fingerprint density at radius 2 is 1.71 bits per heavy atom. The molecule has 0 amide bonds. The summed E-state index contributed by atoms with van der Waals surface area (Å²) in [6.07, 6.45) is 0. The van der Waals surface area contributed by atoms with Crippen LogP contribution < -0.4 is 5.63 Å². The molecule has 4 nitrogen and oxygen atoms in total. The van der Waals surface area contributed by atoms with Gasteiger partial charge in [-0.15, -0.1) is 0 Å². The number of benzene rings is 2. The third kappa shape index (κ3) is 2.31.